The van der Waals surface area contributed by atoms with Crippen molar-refractivity contribution in [2.45, 2.75) is 43.8 Å². The van der Waals surface area contributed by atoms with Gasteiger partial charge < -0.3 is 9.80 Å². The van der Waals surface area contributed by atoms with Gasteiger partial charge >= 0.3 is 0 Å². The Labute approximate surface area is 105 Å². The van der Waals surface area contributed by atoms with E-state index in [1.54, 1.807) is 0 Å². The van der Waals surface area contributed by atoms with E-state index in [1.807, 2.05) is 0 Å². The minimum absolute atomic E-state index is 0.0564. The second-order valence-electron chi connectivity index (χ2n) is 5.62. The van der Waals surface area contributed by atoms with Gasteiger partial charge in [-0.3, -0.25) is 5.32 Å². The molecule has 17 heavy (non-hydrogen) atoms. The number of nitrogens with zero attached hydrogens (tertiary/aromatic N) is 3. The molecule has 2 aliphatic rings. The highest BCUT2D eigenvalue weighted by molar-refractivity contribution is 4.96. The Morgan fingerprint density at radius 2 is 2.18 bits per heavy atom. The number of likely N-dealkylation sites (N-methyl/N-ethyl adjacent to an activating group) is 1. The summed E-state index contributed by atoms with van der Waals surface area (Å²) in [5.41, 5.74) is 0. The maximum atomic E-state index is 9.08. The smallest absolute Gasteiger partial charge is 0.0967 e. The molecule has 1 heterocycles. The minimum Gasteiger partial charge on any atom is -0.305 e. The van der Waals surface area contributed by atoms with E-state index in [9.17, 15) is 0 Å². The van der Waals surface area contributed by atoms with E-state index >= 15 is 0 Å². The van der Waals surface area contributed by atoms with Crippen LogP contribution < -0.4 is 5.32 Å². The number of nitriles is 1. The highest BCUT2D eigenvalue weighted by Crippen LogP contribution is 2.20. The molecule has 0 bridgehead atoms. The molecule has 1 saturated carbocycles. The Hall–Kier alpha value is -0.630. The SMILES string of the molecule is CN(C)C1CCN(CCC(C#N)NC2CC2)C1. The summed E-state index contributed by atoms with van der Waals surface area (Å²) in [7, 11) is 4.31. The van der Waals surface area contributed by atoms with Gasteiger partial charge in [-0.2, -0.15) is 5.26 Å². The van der Waals surface area contributed by atoms with Crippen LogP contribution in [0.2, 0.25) is 0 Å². The average Bonchev–Trinajstić information content (AvgIpc) is 2.99. The van der Waals surface area contributed by atoms with Crippen molar-refractivity contribution in [2.75, 3.05) is 33.7 Å². The minimum atomic E-state index is 0.0564. The fourth-order valence-corrected chi connectivity index (χ4v) is 2.47. The summed E-state index contributed by atoms with van der Waals surface area (Å²) in [6.45, 7) is 3.40. The van der Waals surface area contributed by atoms with Crippen LogP contribution in [0.5, 0.6) is 0 Å². The van der Waals surface area contributed by atoms with E-state index in [1.165, 1.54) is 25.8 Å². The average molecular weight is 236 g/mol. The summed E-state index contributed by atoms with van der Waals surface area (Å²) in [5, 5.41) is 12.5. The molecule has 4 nitrogen and oxygen atoms in total. The number of likely N-dealkylation sites (tertiary alicyclic amines) is 1. The highest BCUT2D eigenvalue weighted by Gasteiger charge is 2.27. The molecule has 4 heteroatoms. The van der Waals surface area contributed by atoms with Gasteiger partial charge in [-0.25, -0.2) is 0 Å². The third-order valence-electron chi connectivity index (χ3n) is 3.88. The van der Waals surface area contributed by atoms with E-state index < -0.39 is 0 Å². The van der Waals surface area contributed by atoms with Crippen LogP contribution in [0.3, 0.4) is 0 Å². The van der Waals surface area contributed by atoms with Crippen molar-refractivity contribution in [2.24, 2.45) is 0 Å². The summed E-state index contributed by atoms with van der Waals surface area (Å²) in [6.07, 6.45) is 4.74. The largest absolute Gasteiger partial charge is 0.305 e. The first kappa shape index (κ1) is 12.8. The van der Waals surface area contributed by atoms with Crippen LogP contribution in [-0.4, -0.2) is 61.7 Å². The van der Waals surface area contributed by atoms with Gasteiger partial charge in [0.15, 0.2) is 0 Å². The Morgan fingerprint density at radius 1 is 1.41 bits per heavy atom. The van der Waals surface area contributed by atoms with Crippen LogP contribution in [0.1, 0.15) is 25.7 Å². The number of rotatable bonds is 6. The molecule has 2 unspecified atom stereocenters. The van der Waals surface area contributed by atoms with Crippen LogP contribution in [0, 0.1) is 11.3 Å². The van der Waals surface area contributed by atoms with Crippen molar-refractivity contribution >= 4 is 0 Å². The quantitative estimate of drug-likeness (QED) is 0.735. The molecule has 0 radical (unpaired) electrons. The van der Waals surface area contributed by atoms with Crippen LogP contribution in [0.15, 0.2) is 0 Å². The fraction of sp³-hybridized carbons (Fsp3) is 0.923. The lowest BCUT2D eigenvalue weighted by molar-refractivity contribution is 0.263. The maximum absolute atomic E-state index is 9.08. The first-order chi connectivity index (χ1) is 8.19. The normalized spacial score (nSPS) is 27.3. The third-order valence-corrected chi connectivity index (χ3v) is 3.88. The van der Waals surface area contributed by atoms with E-state index in [2.05, 4.69) is 35.3 Å². The van der Waals surface area contributed by atoms with Gasteiger partial charge in [0.1, 0.15) is 0 Å². The van der Waals surface area contributed by atoms with Gasteiger partial charge in [0.25, 0.3) is 0 Å². The monoisotopic (exact) mass is 236 g/mol. The zero-order chi connectivity index (χ0) is 12.3. The first-order valence-corrected chi connectivity index (χ1v) is 6.73. The molecule has 1 saturated heterocycles. The van der Waals surface area contributed by atoms with E-state index in [4.69, 9.17) is 5.26 Å². The van der Waals surface area contributed by atoms with Crippen LogP contribution in [0.4, 0.5) is 0 Å². The number of nitrogens with one attached hydrogen (secondary N) is 1. The lowest BCUT2D eigenvalue weighted by Crippen LogP contribution is -2.35. The van der Waals surface area contributed by atoms with Crippen molar-refractivity contribution in [3.05, 3.63) is 0 Å². The molecule has 0 amide bonds. The summed E-state index contributed by atoms with van der Waals surface area (Å²) < 4.78 is 0. The second-order valence-corrected chi connectivity index (χ2v) is 5.62. The molecule has 0 aromatic carbocycles. The Balaban J connectivity index is 1.65. The third kappa shape index (κ3) is 3.95. The van der Waals surface area contributed by atoms with Crippen LogP contribution in [-0.2, 0) is 0 Å². The predicted molar refractivity (Wildman–Crippen MR) is 68.7 cm³/mol. The van der Waals surface area contributed by atoms with Crippen molar-refractivity contribution in [1.29, 1.82) is 5.26 Å². The fourth-order valence-electron chi connectivity index (χ4n) is 2.47. The molecule has 96 valence electrons. The molecular formula is C13H24N4. The Bertz CT molecular complexity index is 280. The molecule has 0 aromatic heterocycles. The molecule has 1 aliphatic carbocycles. The number of hydrogen-bond acceptors (Lipinski definition) is 4. The van der Waals surface area contributed by atoms with Crippen molar-refractivity contribution in [3.8, 4) is 6.07 Å². The van der Waals surface area contributed by atoms with E-state index in [0.29, 0.717) is 12.1 Å². The Kier molecular flexibility index (Phi) is 4.38. The van der Waals surface area contributed by atoms with Crippen molar-refractivity contribution in [3.63, 3.8) is 0 Å². The van der Waals surface area contributed by atoms with Gasteiger partial charge in [-0.1, -0.05) is 0 Å². The van der Waals surface area contributed by atoms with E-state index in [0.717, 1.165) is 19.5 Å². The summed E-state index contributed by atoms with van der Waals surface area (Å²) in [4.78, 5) is 4.80. The molecule has 0 aromatic rings. The van der Waals surface area contributed by atoms with Crippen LogP contribution in [0.25, 0.3) is 0 Å². The Morgan fingerprint density at radius 3 is 2.71 bits per heavy atom. The molecule has 0 spiro atoms. The molecule has 2 rings (SSSR count). The molecular weight excluding hydrogens is 212 g/mol. The highest BCUT2D eigenvalue weighted by atomic mass is 15.2. The van der Waals surface area contributed by atoms with Gasteiger partial charge in [-0.05, 0) is 46.3 Å². The topological polar surface area (TPSA) is 42.3 Å². The zero-order valence-electron chi connectivity index (χ0n) is 11.0. The zero-order valence-corrected chi connectivity index (χ0v) is 11.0. The summed E-state index contributed by atoms with van der Waals surface area (Å²) >= 11 is 0. The van der Waals surface area contributed by atoms with Gasteiger partial charge in [-0.15, -0.1) is 0 Å². The van der Waals surface area contributed by atoms with Gasteiger partial charge in [0.05, 0.1) is 12.1 Å². The molecule has 2 atom stereocenters. The molecule has 1 aliphatic heterocycles. The predicted octanol–water partition coefficient (Wildman–Crippen LogP) is 0.657. The summed E-state index contributed by atoms with van der Waals surface area (Å²) in [5.74, 6) is 0. The van der Waals surface area contributed by atoms with Crippen molar-refractivity contribution in [1.82, 2.24) is 15.1 Å². The van der Waals surface area contributed by atoms with Crippen LogP contribution >= 0.6 is 0 Å². The van der Waals surface area contributed by atoms with E-state index in [-0.39, 0.29) is 6.04 Å². The van der Waals surface area contributed by atoms with Gasteiger partial charge in [0, 0.05) is 25.2 Å². The summed E-state index contributed by atoms with van der Waals surface area (Å²) in [6, 6.07) is 3.77. The molecule has 1 N–H and O–H groups in total. The lowest BCUT2D eigenvalue weighted by atomic mass is 10.2. The van der Waals surface area contributed by atoms with Gasteiger partial charge in [0.2, 0.25) is 0 Å². The number of hydrogen-bond donors (Lipinski definition) is 1. The maximum Gasteiger partial charge on any atom is 0.0967 e. The first-order valence-electron chi connectivity index (χ1n) is 6.73. The molecule has 2 fully saturated rings. The second kappa shape index (κ2) is 5.81. The van der Waals surface area contributed by atoms with Crippen molar-refractivity contribution < 1.29 is 0 Å². The standard InChI is InChI=1S/C13H24N4/c1-16(2)13-6-8-17(10-13)7-5-12(9-14)15-11-3-4-11/h11-13,15H,3-8,10H2,1-2H3. The lowest BCUT2D eigenvalue weighted by Gasteiger charge is -2.21.